The zero-order valence-electron chi connectivity index (χ0n) is 17.1. The van der Waals surface area contributed by atoms with Crippen LogP contribution in [0.15, 0.2) is 102 Å². The number of hydrogen-bond acceptors (Lipinski definition) is 5. The van der Waals surface area contributed by atoms with Crippen LogP contribution < -0.4 is 5.43 Å². The summed E-state index contributed by atoms with van der Waals surface area (Å²) < 4.78 is 1.67. The van der Waals surface area contributed by atoms with E-state index in [9.17, 15) is 0 Å². The number of nitrogens with one attached hydrogen (secondary N) is 1. The molecule has 0 saturated carbocycles. The third-order valence-electron chi connectivity index (χ3n) is 5.64. The summed E-state index contributed by atoms with van der Waals surface area (Å²) in [6.07, 6.45) is 1.84. The molecule has 0 spiro atoms. The molecule has 6 rings (SSSR count). The third-order valence-corrected chi connectivity index (χ3v) is 5.64. The predicted octanol–water partition coefficient (Wildman–Crippen LogP) is 5.57. The lowest BCUT2D eigenvalue weighted by molar-refractivity contribution is 0.794. The van der Waals surface area contributed by atoms with Crippen LogP contribution in [0, 0.1) is 0 Å². The van der Waals surface area contributed by atoms with Crippen LogP contribution in [0.5, 0.6) is 0 Å². The summed E-state index contributed by atoms with van der Waals surface area (Å²) in [6.45, 7) is 0. The van der Waals surface area contributed by atoms with Crippen LogP contribution in [0.3, 0.4) is 0 Å². The van der Waals surface area contributed by atoms with Crippen LogP contribution in [-0.4, -0.2) is 26.4 Å². The first kappa shape index (κ1) is 18.2. The summed E-state index contributed by atoms with van der Waals surface area (Å²) in [5, 5.41) is 23.5. The molecule has 0 bridgehead atoms. The first-order valence-corrected chi connectivity index (χ1v) is 10.3. The average Bonchev–Trinajstić information content (AvgIpc) is 3.31. The molecule has 5 aromatic carbocycles. The van der Waals surface area contributed by atoms with Crippen LogP contribution in [0.4, 0.5) is 5.95 Å². The van der Waals surface area contributed by atoms with Gasteiger partial charge in [-0.15, -0.1) is 0 Å². The van der Waals surface area contributed by atoms with Gasteiger partial charge in [-0.2, -0.15) is 9.78 Å². The van der Waals surface area contributed by atoms with E-state index in [1.54, 1.807) is 4.68 Å². The highest BCUT2D eigenvalue weighted by atomic mass is 15.6. The number of aromatic nitrogens is 4. The number of hydrazone groups is 1. The first-order valence-electron chi connectivity index (χ1n) is 10.3. The molecule has 0 aliphatic heterocycles. The van der Waals surface area contributed by atoms with Crippen molar-refractivity contribution in [1.29, 1.82) is 0 Å². The van der Waals surface area contributed by atoms with Crippen molar-refractivity contribution in [3.63, 3.8) is 0 Å². The van der Waals surface area contributed by atoms with E-state index in [2.05, 4.69) is 86.7 Å². The first-order chi connectivity index (χ1) is 15.9. The van der Waals surface area contributed by atoms with E-state index < -0.39 is 0 Å². The molecule has 152 valence electrons. The highest BCUT2D eigenvalue weighted by Crippen LogP contribution is 2.27. The normalized spacial score (nSPS) is 11.6. The maximum atomic E-state index is 4.51. The van der Waals surface area contributed by atoms with Crippen LogP contribution >= 0.6 is 0 Å². The number of rotatable bonds is 4. The fourth-order valence-electron chi connectivity index (χ4n) is 4.15. The van der Waals surface area contributed by atoms with Gasteiger partial charge in [0.2, 0.25) is 0 Å². The number of benzene rings is 5. The van der Waals surface area contributed by atoms with Gasteiger partial charge < -0.3 is 0 Å². The molecule has 6 heteroatoms. The molecule has 0 unspecified atom stereocenters. The second kappa shape index (κ2) is 7.59. The average molecular weight is 414 g/mol. The minimum Gasteiger partial charge on any atom is -0.244 e. The summed E-state index contributed by atoms with van der Waals surface area (Å²) >= 11 is 0. The Morgan fingerprint density at radius 1 is 0.688 bits per heavy atom. The maximum Gasteiger partial charge on any atom is 0.268 e. The van der Waals surface area contributed by atoms with Crippen molar-refractivity contribution >= 4 is 44.5 Å². The lowest BCUT2D eigenvalue weighted by atomic mass is 9.97. The Kier molecular flexibility index (Phi) is 4.32. The van der Waals surface area contributed by atoms with Crippen molar-refractivity contribution in [2.24, 2.45) is 5.10 Å². The van der Waals surface area contributed by atoms with Crippen molar-refractivity contribution in [1.82, 2.24) is 20.2 Å². The molecule has 0 radical (unpaired) electrons. The Labute approximate surface area is 183 Å². The van der Waals surface area contributed by atoms with Gasteiger partial charge in [0.05, 0.1) is 11.9 Å². The summed E-state index contributed by atoms with van der Waals surface area (Å²) in [4.78, 5) is 0. The van der Waals surface area contributed by atoms with Gasteiger partial charge in [-0.1, -0.05) is 90.0 Å². The fourth-order valence-corrected chi connectivity index (χ4v) is 4.15. The van der Waals surface area contributed by atoms with Gasteiger partial charge >= 0.3 is 0 Å². The van der Waals surface area contributed by atoms with Crippen LogP contribution in [0.1, 0.15) is 5.56 Å². The molecule has 0 amide bonds. The quantitative estimate of drug-likeness (QED) is 0.233. The lowest BCUT2D eigenvalue weighted by Crippen LogP contribution is -2.04. The highest BCUT2D eigenvalue weighted by molar-refractivity contribution is 6.13. The molecule has 0 aliphatic rings. The Morgan fingerprint density at radius 2 is 1.31 bits per heavy atom. The fraction of sp³-hybridized carbons (Fsp3) is 0. The largest absolute Gasteiger partial charge is 0.268 e. The van der Waals surface area contributed by atoms with Gasteiger partial charge in [0.1, 0.15) is 0 Å². The molecule has 1 N–H and O–H groups in total. The summed E-state index contributed by atoms with van der Waals surface area (Å²) in [7, 11) is 0. The molecule has 0 fully saturated rings. The van der Waals surface area contributed by atoms with Gasteiger partial charge in [0, 0.05) is 10.9 Å². The second-order valence-electron chi connectivity index (χ2n) is 7.52. The van der Waals surface area contributed by atoms with Gasteiger partial charge in [0.15, 0.2) is 0 Å². The predicted molar refractivity (Wildman–Crippen MR) is 129 cm³/mol. The number of nitrogens with zero attached hydrogens (tertiary/aromatic N) is 5. The smallest absolute Gasteiger partial charge is 0.244 e. The SMILES string of the molecule is C(=N/Nc1nnnn1-c1cccc2ccccc12)/c1c2ccccc2cc2ccccc12. The molecular formula is C26H18N6. The number of fused-ring (bicyclic) bond motifs is 3. The second-order valence-corrected chi connectivity index (χ2v) is 7.52. The van der Waals surface area contributed by atoms with E-state index in [1.807, 2.05) is 42.6 Å². The topological polar surface area (TPSA) is 68.0 Å². The minimum absolute atomic E-state index is 0.446. The minimum atomic E-state index is 0.446. The Balaban J connectivity index is 1.41. The molecule has 0 saturated heterocycles. The summed E-state index contributed by atoms with van der Waals surface area (Å²) in [5.41, 5.74) is 4.97. The third kappa shape index (κ3) is 3.06. The molecule has 6 aromatic rings. The molecule has 1 heterocycles. The molecular weight excluding hydrogens is 396 g/mol. The zero-order valence-corrected chi connectivity index (χ0v) is 17.1. The molecule has 6 nitrogen and oxygen atoms in total. The Bertz CT molecular complexity index is 1560. The van der Waals surface area contributed by atoms with Crippen LogP contribution in [-0.2, 0) is 0 Å². The van der Waals surface area contributed by atoms with E-state index in [4.69, 9.17) is 0 Å². The number of hydrogen-bond donors (Lipinski definition) is 1. The summed E-state index contributed by atoms with van der Waals surface area (Å²) in [5.74, 6) is 0.446. The summed E-state index contributed by atoms with van der Waals surface area (Å²) in [6, 6.07) is 33.1. The van der Waals surface area contributed by atoms with Crippen LogP contribution in [0.25, 0.3) is 38.0 Å². The van der Waals surface area contributed by atoms with Gasteiger partial charge in [0.25, 0.3) is 5.95 Å². The van der Waals surface area contributed by atoms with Crippen LogP contribution in [0.2, 0.25) is 0 Å². The Morgan fingerprint density at radius 3 is 2.06 bits per heavy atom. The van der Waals surface area contributed by atoms with E-state index in [0.717, 1.165) is 32.8 Å². The number of anilines is 1. The monoisotopic (exact) mass is 414 g/mol. The molecule has 0 atom stereocenters. The van der Waals surface area contributed by atoms with Crippen molar-refractivity contribution in [2.45, 2.75) is 0 Å². The van der Waals surface area contributed by atoms with E-state index in [0.29, 0.717) is 5.95 Å². The zero-order chi connectivity index (χ0) is 21.3. The van der Waals surface area contributed by atoms with Gasteiger partial charge in [-0.05, 0) is 49.5 Å². The van der Waals surface area contributed by atoms with Crippen molar-refractivity contribution in [3.05, 3.63) is 103 Å². The Hall–Kier alpha value is -4.58. The van der Waals surface area contributed by atoms with Gasteiger partial charge in [-0.25, -0.2) is 5.43 Å². The number of tetrazole rings is 1. The van der Waals surface area contributed by atoms with E-state index in [1.165, 1.54) is 10.8 Å². The molecule has 0 aliphatic carbocycles. The van der Waals surface area contributed by atoms with Gasteiger partial charge in [-0.3, -0.25) is 0 Å². The maximum absolute atomic E-state index is 4.51. The molecule has 32 heavy (non-hydrogen) atoms. The standard InChI is InChI=1S/C26H18N6/c1-6-14-23-18(8-1)11-7-15-25(23)32-26(29-30-31-32)28-27-17-24-21-12-4-2-9-19(21)16-20-10-3-5-13-22(20)24/h1-17H,(H,28,29,31)/b27-17-. The van der Waals surface area contributed by atoms with E-state index in [-0.39, 0.29) is 0 Å². The molecule has 1 aromatic heterocycles. The van der Waals surface area contributed by atoms with Crippen molar-refractivity contribution < 1.29 is 0 Å². The van der Waals surface area contributed by atoms with E-state index >= 15 is 0 Å². The van der Waals surface area contributed by atoms with Crippen molar-refractivity contribution in [3.8, 4) is 5.69 Å². The lowest BCUT2D eigenvalue weighted by Gasteiger charge is -2.09. The van der Waals surface area contributed by atoms with Crippen molar-refractivity contribution in [2.75, 3.05) is 5.43 Å². The highest BCUT2D eigenvalue weighted by Gasteiger charge is 2.11.